The lowest BCUT2D eigenvalue weighted by atomic mass is 10.1. The Morgan fingerprint density at radius 3 is 2.70 bits per heavy atom. The van der Waals surface area contributed by atoms with Crippen molar-refractivity contribution in [2.75, 3.05) is 7.11 Å². The lowest BCUT2D eigenvalue weighted by Gasteiger charge is -2.11. The van der Waals surface area contributed by atoms with Crippen LogP contribution in [0.1, 0.15) is 36.8 Å². The summed E-state index contributed by atoms with van der Waals surface area (Å²) in [6.45, 7) is 4.21. The third-order valence-electron chi connectivity index (χ3n) is 2.93. The lowest BCUT2D eigenvalue weighted by molar-refractivity contribution is 0.414. The van der Waals surface area contributed by atoms with E-state index in [2.05, 4.69) is 46.4 Å². The third-order valence-corrected chi connectivity index (χ3v) is 4.58. The fraction of sp³-hybridized carbons (Fsp3) is 0.333. The first-order valence-corrected chi connectivity index (χ1v) is 7.81. The smallest absolute Gasteiger partial charge is 0.146 e. The monoisotopic (exact) mass is 402 g/mol. The summed E-state index contributed by atoms with van der Waals surface area (Å²) < 4.78 is 6.17. The van der Waals surface area contributed by atoms with Gasteiger partial charge < -0.3 is 4.74 Å². The van der Waals surface area contributed by atoms with Gasteiger partial charge in [0, 0.05) is 6.42 Å². The molecule has 0 fully saturated rings. The predicted molar refractivity (Wildman–Crippen MR) is 89.6 cm³/mol. The van der Waals surface area contributed by atoms with Crippen LogP contribution in [0.4, 0.5) is 0 Å². The Morgan fingerprint density at radius 1 is 1.30 bits per heavy atom. The van der Waals surface area contributed by atoms with E-state index in [9.17, 15) is 0 Å². The van der Waals surface area contributed by atoms with Gasteiger partial charge in [-0.25, -0.2) is 9.97 Å². The first-order chi connectivity index (χ1) is 9.51. The van der Waals surface area contributed by atoms with Crippen molar-refractivity contribution in [3.63, 3.8) is 0 Å². The van der Waals surface area contributed by atoms with Crippen LogP contribution in [-0.2, 0) is 6.42 Å². The molecule has 2 aromatic rings. The standard InChI is InChI=1S/C15H16ClIN2O/c1-9(2)14-13(17)15(16)19-12(18-14)8-10-5-4-6-11(7-10)20-3/h4-7,9H,8H2,1-3H3. The minimum Gasteiger partial charge on any atom is -0.497 e. The highest BCUT2D eigenvalue weighted by molar-refractivity contribution is 14.1. The molecule has 0 bridgehead atoms. The molecule has 0 spiro atoms. The van der Waals surface area contributed by atoms with Crippen molar-refractivity contribution in [2.45, 2.75) is 26.2 Å². The van der Waals surface area contributed by atoms with E-state index in [0.717, 1.165) is 26.4 Å². The molecule has 0 aliphatic carbocycles. The van der Waals surface area contributed by atoms with E-state index in [4.69, 9.17) is 16.3 Å². The molecule has 0 N–H and O–H groups in total. The fourth-order valence-electron chi connectivity index (χ4n) is 1.91. The Kier molecular flexibility index (Phi) is 5.21. The van der Waals surface area contributed by atoms with Crippen LogP contribution >= 0.6 is 34.2 Å². The number of nitrogens with zero attached hydrogens (tertiary/aromatic N) is 2. The van der Waals surface area contributed by atoms with Gasteiger partial charge in [0.2, 0.25) is 0 Å². The molecular formula is C15H16ClIN2O. The van der Waals surface area contributed by atoms with Crippen LogP contribution < -0.4 is 4.74 Å². The highest BCUT2D eigenvalue weighted by Gasteiger charge is 2.14. The molecule has 0 atom stereocenters. The Balaban J connectivity index is 2.33. The quantitative estimate of drug-likeness (QED) is 0.559. The summed E-state index contributed by atoms with van der Waals surface area (Å²) in [6, 6.07) is 7.91. The number of rotatable bonds is 4. The number of hydrogen-bond acceptors (Lipinski definition) is 3. The van der Waals surface area contributed by atoms with Crippen LogP contribution in [0.25, 0.3) is 0 Å². The van der Waals surface area contributed by atoms with Gasteiger partial charge in [0.15, 0.2) is 0 Å². The number of halogens is 2. The molecule has 0 aliphatic heterocycles. The Morgan fingerprint density at radius 2 is 2.05 bits per heavy atom. The second-order valence-corrected chi connectivity index (χ2v) is 6.25. The number of methoxy groups -OCH3 is 1. The van der Waals surface area contributed by atoms with E-state index in [1.54, 1.807) is 7.11 Å². The minimum atomic E-state index is 0.325. The van der Waals surface area contributed by atoms with Gasteiger partial charge in [-0.05, 0) is 46.2 Å². The largest absolute Gasteiger partial charge is 0.497 e. The maximum Gasteiger partial charge on any atom is 0.146 e. The number of aromatic nitrogens is 2. The molecule has 20 heavy (non-hydrogen) atoms. The van der Waals surface area contributed by atoms with E-state index in [-0.39, 0.29) is 0 Å². The van der Waals surface area contributed by atoms with E-state index in [0.29, 0.717) is 17.5 Å². The van der Waals surface area contributed by atoms with Crippen LogP contribution in [0.2, 0.25) is 5.15 Å². The van der Waals surface area contributed by atoms with Gasteiger partial charge in [-0.3, -0.25) is 0 Å². The average Bonchev–Trinajstić information content (AvgIpc) is 2.42. The second kappa shape index (κ2) is 6.72. The van der Waals surface area contributed by atoms with Crippen LogP contribution in [0.15, 0.2) is 24.3 Å². The molecule has 0 amide bonds. The molecule has 3 nitrogen and oxygen atoms in total. The fourth-order valence-corrected chi connectivity index (χ4v) is 2.97. The zero-order valence-corrected chi connectivity index (χ0v) is 14.6. The van der Waals surface area contributed by atoms with Crippen LogP contribution in [-0.4, -0.2) is 17.1 Å². The van der Waals surface area contributed by atoms with Crippen molar-refractivity contribution in [1.82, 2.24) is 9.97 Å². The molecule has 0 saturated heterocycles. The van der Waals surface area contributed by atoms with Crippen molar-refractivity contribution in [3.05, 3.63) is 50.1 Å². The molecule has 1 aromatic heterocycles. The van der Waals surface area contributed by atoms with Gasteiger partial charge in [0.05, 0.1) is 16.4 Å². The first-order valence-electron chi connectivity index (χ1n) is 6.36. The van der Waals surface area contributed by atoms with Crippen LogP contribution in [0.5, 0.6) is 5.75 Å². The zero-order valence-electron chi connectivity index (χ0n) is 11.7. The van der Waals surface area contributed by atoms with Crippen LogP contribution in [0, 0.1) is 3.57 Å². The highest BCUT2D eigenvalue weighted by atomic mass is 127. The number of benzene rings is 1. The summed E-state index contributed by atoms with van der Waals surface area (Å²) >= 11 is 8.41. The summed E-state index contributed by atoms with van der Waals surface area (Å²) in [6.07, 6.45) is 0.646. The van der Waals surface area contributed by atoms with Gasteiger partial charge in [0.1, 0.15) is 16.7 Å². The Hall–Kier alpha value is -0.880. The predicted octanol–water partition coefficient (Wildman–Crippen LogP) is 4.46. The molecular weight excluding hydrogens is 387 g/mol. The molecule has 0 aliphatic rings. The van der Waals surface area contributed by atoms with Gasteiger partial charge in [0.25, 0.3) is 0 Å². The molecule has 1 aromatic carbocycles. The van der Waals surface area contributed by atoms with Gasteiger partial charge in [-0.15, -0.1) is 0 Å². The Bertz CT molecular complexity index is 617. The molecule has 5 heteroatoms. The van der Waals surface area contributed by atoms with Crippen LogP contribution in [0.3, 0.4) is 0 Å². The topological polar surface area (TPSA) is 35.0 Å². The summed E-state index contributed by atoms with van der Waals surface area (Å²) in [4.78, 5) is 9.01. The summed E-state index contributed by atoms with van der Waals surface area (Å²) in [5.74, 6) is 1.90. The first kappa shape index (κ1) is 15.5. The highest BCUT2D eigenvalue weighted by Crippen LogP contribution is 2.25. The molecule has 0 radical (unpaired) electrons. The molecule has 0 saturated carbocycles. The Labute approximate surface area is 137 Å². The van der Waals surface area contributed by atoms with E-state index in [1.807, 2.05) is 24.3 Å². The summed E-state index contributed by atoms with van der Waals surface area (Å²) in [5, 5.41) is 0.530. The van der Waals surface area contributed by atoms with E-state index in [1.165, 1.54) is 0 Å². The normalized spacial score (nSPS) is 10.9. The SMILES string of the molecule is COc1cccc(Cc2nc(Cl)c(I)c(C(C)C)n2)c1. The van der Waals surface area contributed by atoms with Crippen molar-refractivity contribution in [1.29, 1.82) is 0 Å². The van der Waals surface area contributed by atoms with Gasteiger partial charge in [-0.2, -0.15) is 0 Å². The number of hydrogen-bond donors (Lipinski definition) is 0. The second-order valence-electron chi connectivity index (χ2n) is 4.81. The maximum atomic E-state index is 6.20. The maximum absolute atomic E-state index is 6.20. The lowest BCUT2D eigenvalue weighted by Crippen LogP contribution is -2.06. The molecule has 106 valence electrons. The van der Waals surface area contributed by atoms with Crippen molar-refractivity contribution in [3.8, 4) is 5.75 Å². The van der Waals surface area contributed by atoms with E-state index >= 15 is 0 Å². The zero-order chi connectivity index (χ0) is 14.7. The molecule has 2 rings (SSSR count). The summed E-state index contributed by atoms with van der Waals surface area (Å²) in [7, 11) is 1.66. The van der Waals surface area contributed by atoms with Gasteiger partial charge in [-0.1, -0.05) is 37.6 Å². The molecule has 0 unspecified atom stereocenters. The number of ether oxygens (including phenoxy) is 1. The minimum absolute atomic E-state index is 0.325. The van der Waals surface area contributed by atoms with Crippen molar-refractivity contribution >= 4 is 34.2 Å². The van der Waals surface area contributed by atoms with E-state index < -0.39 is 0 Å². The average molecular weight is 403 g/mol. The van der Waals surface area contributed by atoms with Gasteiger partial charge >= 0.3 is 0 Å². The van der Waals surface area contributed by atoms with Crippen molar-refractivity contribution in [2.24, 2.45) is 0 Å². The van der Waals surface area contributed by atoms with Crippen molar-refractivity contribution < 1.29 is 4.74 Å². The summed E-state index contributed by atoms with van der Waals surface area (Å²) in [5.41, 5.74) is 2.11. The third kappa shape index (κ3) is 3.61. The molecule has 1 heterocycles.